The zero-order chi connectivity index (χ0) is 8.54. The fourth-order valence-electron chi connectivity index (χ4n) is 1.66. The van der Waals surface area contributed by atoms with Crippen LogP contribution in [0.25, 0.3) is 0 Å². The number of rotatable bonds is 0. The van der Waals surface area contributed by atoms with Crippen LogP contribution in [0, 0.1) is 0 Å². The monoisotopic (exact) mass is 160 g/mol. The Morgan fingerprint density at radius 3 is 1.45 bits per heavy atom. The summed E-state index contributed by atoms with van der Waals surface area (Å²) in [5.41, 5.74) is -2.57. The highest BCUT2D eigenvalue weighted by atomic mass is 19.2. The molecule has 0 saturated heterocycles. The van der Waals surface area contributed by atoms with Crippen LogP contribution in [0.1, 0.15) is 33.1 Å². The molecule has 2 aliphatic carbocycles. The van der Waals surface area contributed by atoms with Gasteiger partial charge in [0.05, 0.1) is 0 Å². The van der Waals surface area contributed by atoms with Crippen molar-refractivity contribution < 1.29 is 8.78 Å². The van der Waals surface area contributed by atoms with Gasteiger partial charge in [-0.05, 0) is 25.0 Å². The molecule has 1 saturated carbocycles. The van der Waals surface area contributed by atoms with E-state index in [1.165, 1.54) is 12.2 Å². The van der Waals surface area contributed by atoms with Gasteiger partial charge >= 0.3 is 0 Å². The third-order valence-electron chi connectivity index (χ3n) is 2.22. The van der Waals surface area contributed by atoms with E-state index in [1.807, 2.05) is 13.8 Å². The Hall–Kier alpha value is -0.400. The molecule has 0 amide bonds. The number of alkyl halides is 2. The van der Waals surface area contributed by atoms with Crippen molar-refractivity contribution >= 4 is 0 Å². The van der Waals surface area contributed by atoms with Gasteiger partial charge in [-0.2, -0.15) is 0 Å². The highest BCUT2D eigenvalue weighted by Gasteiger charge is 2.51. The third-order valence-corrected chi connectivity index (χ3v) is 2.22. The molecule has 11 heavy (non-hydrogen) atoms. The van der Waals surface area contributed by atoms with E-state index in [0.29, 0.717) is 12.8 Å². The summed E-state index contributed by atoms with van der Waals surface area (Å²) in [5.74, 6) is 0. The Balaban J connectivity index is 0.000000281. The summed E-state index contributed by atoms with van der Waals surface area (Å²) in [5, 5.41) is 0. The first-order valence-electron chi connectivity index (χ1n) is 4.20. The molecule has 0 nitrogen and oxygen atoms in total. The number of allylic oxidation sites excluding steroid dienone is 2. The summed E-state index contributed by atoms with van der Waals surface area (Å²) in [4.78, 5) is 0. The summed E-state index contributed by atoms with van der Waals surface area (Å²) < 4.78 is 26.0. The molecule has 0 heterocycles. The van der Waals surface area contributed by atoms with Gasteiger partial charge in [-0.15, -0.1) is 0 Å². The van der Waals surface area contributed by atoms with Crippen LogP contribution in [0.15, 0.2) is 12.2 Å². The van der Waals surface area contributed by atoms with Crippen molar-refractivity contribution in [1.29, 1.82) is 0 Å². The van der Waals surface area contributed by atoms with Crippen LogP contribution >= 0.6 is 0 Å². The number of hydrogen-bond donors (Lipinski definition) is 0. The van der Waals surface area contributed by atoms with Gasteiger partial charge in [0.25, 0.3) is 0 Å². The first kappa shape index (κ1) is 8.69. The maximum Gasteiger partial charge on any atom is 0.132 e. The van der Waals surface area contributed by atoms with Crippen molar-refractivity contribution in [2.24, 2.45) is 0 Å². The fraction of sp³-hybridized carbons (Fsp3) is 0.778. The largest absolute Gasteiger partial charge is 0.239 e. The van der Waals surface area contributed by atoms with Gasteiger partial charge in [-0.1, -0.05) is 13.8 Å². The lowest BCUT2D eigenvalue weighted by Crippen LogP contribution is -2.12. The molecular formula is C9H14F2. The SMILES string of the molecule is CC.FC12C=CC(F)(CC1)C2. The lowest BCUT2D eigenvalue weighted by molar-refractivity contribution is 0.205. The van der Waals surface area contributed by atoms with Crippen LogP contribution in [-0.4, -0.2) is 11.3 Å². The topological polar surface area (TPSA) is 0 Å². The Kier molecular flexibility index (Phi) is 2.04. The third kappa shape index (κ3) is 1.44. The fourth-order valence-corrected chi connectivity index (χ4v) is 1.66. The highest BCUT2D eigenvalue weighted by Crippen LogP contribution is 2.49. The lowest BCUT2D eigenvalue weighted by atomic mass is 10.1. The van der Waals surface area contributed by atoms with Gasteiger partial charge in [0.1, 0.15) is 11.3 Å². The van der Waals surface area contributed by atoms with Crippen molar-refractivity contribution in [3.63, 3.8) is 0 Å². The molecule has 2 heteroatoms. The molecule has 1 fully saturated rings. The first-order valence-corrected chi connectivity index (χ1v) is 4.20. The van der Waals surface area contributed by atoms with Gasteiger partial charge in [-0.25, -0.2) is 8.78 Å². The molecule has 0 aliphatic heterocycles. The summed E-state index contributed by atoms with van der Waals surface area (Å²) in [6, 6.07) is 0. The van der Waals surface area contributed by atoms with E-state index in [4.69, 9.17) is 0 Å². The average molecular weight is 160 g/mol. The molecule has 0 N–H and O–H groups in total. The van der Waals surface area contributed by atoms with Gasteiger partial charge < -0.3 is 0 Å². The Morgan fingerprint density at radius 2 is 1.36 bits per heavy atom. The number of fused-ring (bicyclic) bond motifs is 2. The van der Waals surface area contributed by atoms with Gasteiger partial charge in [0.15, 0.2) is 0 Å². The maximum atomic E-state index is 13.0. The standard InChI is InChI=1S/C7H8F2.C2H6/c8-6-1-2-7(9,5-6)4-3-6;1-2/h1-2H,3-5H2;1-2H3. The summed E-state index contributed by atoms with van der Waals surface area (Å²) in [6.07, 6.45) is 3.56. The predicted molar refractivity (Wildman–Crippen MR) is 42.0 cm³/mol. The second-order valence-electron chi connectivity index (χ2n) is 3.08. The van der Waals surface area contributed by atoms with Gasteiger partial charge in [0.2, 0.25) is 0 Å². The van der Waals surface area contributed by atoms with E-state index in [0.717, 1.165) is 0 Å². The van der Waals surface area contributed by atoms with Crippen LogP contribution in [0.3, 0.4) is 0 Å². The Morgan fingerprint density at radius 1 is 1.00 bits per heavy atom. The smallest absolute Gasteiger partial charge is 0.132 e. The van der Waals surface area contributed by atoms with E-state index >= 15 is 0 Å². The molecule has 0 spiro atoms. The molecule has 2 aliphatic rings. The van der Waals surface area contributed by atoms with Crippen molar-refractivity contribution in [2.75, 3.05) is 0 Å². The lowest BCUT2D eigenvalue weighted by Gasteiger charge is -2.09. The summed E-state index contributed by atoms with van der Waals surface area (Å²) in [7, 11) is 0. The zero-order valence-corrected chi connectivity index (χ0v) is 7.03. The minimum absolute atomic E-state index is 0.0694. The van der Waals surface area contributed by atoms with Crippen LogP contribution < -0.4 is 0 Å². The molecule has 64 valence electrons. The van der Waals surface area contributed by atoms with Crippen LogP contribution in [-0.2, 0) is 0 Å². The molecule has 2 bridgehead atoms. The Bertz CT molecular complexity index is 158. The van der Waals surface area contributed by atoms with Crippen LogP contribution in [0.4, 0.5) is 8.78 Å². The van der Waals surface area contributed by atoms with Crippen molar-refractivity contribution in [2.45, 2.75) is 44.4 Å². The normalized spacial score (nSPS) is 45.5. The average Bonchev–Trinajstić information content (AvgIpc) is 2.44. The quantitative estimate of drug-likeness (QED) is 0.477. The van der Waals surface area contributed by atoms with E-state index < -0.39 is 11.3 Å². The Labute approximate surface area is 66.3 Å². The van der Waals surface area contributed by atoms with E-state index in [-0.39, 0.29) is 6.42 Å². The van der Waals surface area contributed by atoms with Gasteiger partial charge in [0, 0.05) is 6.42 Å². The molecule has 0 radical (unpaired) electrons. The number of hydrogen-bond acceptors (Lipinski definition) is 0. The molecule has 0 aromatic heterocycles. The van der Waals surface area contributed by atoms with Crippen LogP contribution in [0.5, 0.6) is 0 Å². The molecule has 0 aromatic carbocycles. The second kappa shape index (κ2) is 2.58. The van der Waals surface area contributed by atoms with Crippen molar-refractivity contribution in [3.8, 4) is 0 Å². The number of halogens is 2. The van der Waals surface area contributed by atoms with Crippen molar-refractivity contribution in [1.82, 2.24) is 0 Å². The summed E-state index contributed by atoms with van der Waals surface area (Å²) in [6.45, 7) is 4.00. The second-order valence-corrected chi connectivity index (χ2v) is 3.08. The summed E-state index contributed by atoms with van der Waals surface area (Å²) >= 11 is 0. The van der Waals surface area contributed by atoms with E-state index in [9.17, 15) is 8.78 Å². The molecular weight excluding hydrogens is 146 g/mol. The van der Waals surface area contributed by atoms with Crippen LogP contribution in [0.2, 0.25) is 0 Å². The minimum atomic E-state index is -1.28. The first-order chi connectivity index (χ1) is 5.12. The maximum absolute atomic E-state index is 13.0. The predicted octanol–water partition coefficient (Wildman–Crippen LogP) is 3.18. The highest BCUT2D eigenvalue weighted by molar-refractivity contribution is 5.25. The van der Waals surface area contributed by atoms with E-state index in [1.54, 1.807) is 0 Å². The molecule has 2 atom stereocenters. The van der Waals surface area contributed by atoms with Crippen molar-refractivity contribution in [3.05, 3.63) is 12.2 Å². The van der Waals surface area contributed by atoms with E-state index in [2.05, 4.69) is 0 Å². The molecule has 2 rings (SSSR count). The zero-order valence-electron chi connectivity index (χ0n) is 7.03. The van der Waals surface area contributed by atoms with Gasteiger partial charge in [-0.3, -0.25) is 0 Å². The molecule has 0 aromatic rings. The minimum Gasteiger partial charge on any atom is -0.239 e. The molecule has 2 unspecified atom stereocenters.